The van der Waals surface area contributed by atoms with E-state index in [1.165, 1.54) is 0 Å². The Kier molecular flexibility index (Phi) is 8.38. The first-order valence-corrected chi connectivity index (χ1v) is 11.1. The van der Waals surface area contributed by atoms with E-state index in [2.05, 4.69) is 26.7 Å². The highest BCUT2D eigenvalue weighted by atomic mass is 79.9. The van der Waals surface area contributed by atoms with Crippen molar-refractivity contribution in [2.45, 2.75) is 39.1 Å². The molecule has 1 aliphatic rings. The largest absolute Gasteiger partial charge is 0.374 e. The van der Waals surface area contributed by atoms with Crippen LogP contribution in [0, 0.1) is 5.92 Å². The second-order valence-electron chi connectivity index (χ2n) is 7.78. The van der Waals surface area contributed by atoms with Gasteiger partial charge in [0.05, 0.1) is 19.8 Å². The number of amides is 4. The molecule has 170 valence electrons. The maximum Gasteiger partial charge on any atom is 0.325 e. The van der Waals surface area contributed by atoms with Crippen molar-refractivity contribution >= 4 is 33.8 Å². The molecule has 9 heteroatoms. The summed E-state index contributed by atoms with van der Waals surface area (Å²) < 4.78 is 6.58. The van der Waals surface area contributed by atoms with E-state index in [1.807, 2.05) is 54.6 Å². The van der Waals surface area contributed by atoms with E-state index < -0.39 is 29.9 Å². The van der Waals surface area contributed by atoms with E-state index in [9.17, 15) is 14.4 Å². The zero-order chi connectivity index (χ0) is 23.1. The number of carbonyl (C=O) groups is 3. The molecule has 1 saturated heterocycles. The summed E-state index contributed by atoms with van der Waals surface area (Å²) in [5.74, 6) is -1.37. The molecule has 0 unspecified atom stereocenters. The smallest absolute Gasteiger partial charge is 0.325 e. The molecule has 0 aromatic heterocycles. The van der Waals surface area contributed by atoms with E-state index in [0.29, 0.717) is 6.61 Å². The zero-order valence-electron chi connectivity index (χ0n) is 17.9. The number of hydrogen-bond donors (Lipinski definition) is 2. The SMILES string of the molecule is CC(C)[C@H](C(=O)NOCc1ccccc1)N1C(=O)N[C@@H](COCc2ccc(Br)cc2)C1=O. The minimum atomic E-state index is -1.00. The summed E-state index contributed by atoms with van der Waals surface area (Å²) in [6.45, 7) is 4.01. The van der Waals surface area contributed by atoms with Crippen LogP contribution < -0.4 is 10.8 Å². The Morgan fingerprint density at radius 3 is 2.38 bits per heavy atom. The Balaban J connectivity index is 1.55. The number of nitrogens with zero attached hydrogens (tertiary/aromatic N) is 1. The number of imide groups is 1. The van der Waals surface area contributed by atoms with Gasteiger partial charge in [-0.15, -0.1) is 0 Å². The maximum absolute atomic E-state index is 12.9. The number of urea groups is 1. The highest BCUT2D eigenvalue weighted by Gasteiger charge is 2.45. The van der Waals surface area contributed by atoms with Gasteiger partial charge in [-0.1, -0.05) is 72.2 Å². The normalized spacial score (nSPS) is 16.9. The predicted molar refractivity (Wildman–Crippen MR) is 121 cm³/mol. The Morgan fingerprint density at radius 2 is 1.72 bits per heavy atom. The van der Waals surface area contributed by atoms with Gasteiger partial charge in [0.15, 0.2) is 0 Å². The standard InChI is InChI=1S/C23H26BrN3O5/c1-15(2)20(21(28)26-32-13-16-6-4-3-5-7-16)27-22(29)19(25-23(27)30)14-31-12-17-8-10-18(24)11-9-17/h3-11,15,19-20H,12-14H2,1-2H3,(H,25,30)(H,26,28)/t19-,20+/m0/s1. The molecule has 3 rings (SSSR count). The van der Waals surface area contributed by atoms with Gasteiger partial charge >= 0.3 is 6.03 Å². The first-order chi connectivity index (χ1) is 15.4. The Morgan fingerprint density at radius 1 is 1.06 bits per heavy atom. The fraction of sp³-hybridized carbons (Fsp3) is 0.348. The average Bonchev–Trinajstić information content (AvgIpc) is 3.04. The molecule has 2 aromatic rings. The minimum Gasteiger partial charge on any atom is -0.374 e. The molecular formula is C23H26BrN3O5. The second kappa shape index (κ2) is 11.2. The van der Waals surface area contributed by atoms with Gasteiger partial charge in [0.2, 0.25) is 0 Å². The third-order valence-electron chi connectivity index (χ3n) is 4.95. The lowest BCUT2D eigenvalue weighted by Gasteiger charge is -2.27. The molecular weight excluding hydrogens is 478 g/mol. The lowest BCUT2D eigenvalue weighted by molar-refractivity contribution is -0.146. The van der Waals surface area contributed by atoms with Crippen molar-refractivity contribution < 1.29 is 24.0 Å². The van der Waals surface area contributed by atoms with Crippen LogP contribution >= 0.6 is 15.9 Å². The Hall–Kier alpha value is -2.75. The van der Waals surface area contributed by atoms with Crippen molar-refractivity contribution in [3.8, 4) is 0 Å². The summed E-state index contributed by atoms with van der Waals surface area (Å²) in [6.07, 6.45) is 0. The molecule has 0 aliphatic carbocycles. The van der Waals surface area contributed by atoms with Crippen molar-refractivity contribution in [1.82, 2.24) is 15.7 Å². The number of hydrogen-bond acceptors (Lipinski definition) is 5. The second-order valence-corrected chi connectivity index (χ2v) is 8.70. The number of benzene rings is 2. The Labute approximate surface area is 195 Å². The highest BCUT2D eigenvalue weighted by Crippen LogP contribution is 2.19. The molecule has 0 radical (unpaired) electrons. The molecule has 0 bridgehead atoms. The number of ether oxygens (including phenoxy) is 1. The molecule has 1 fully saturated rings. The molecule has 2 atom stereocenters. The van der Waals surface area contributed by atoms with Crippen molar-refractivity contribution in [2.24, 2.45) is 5.92 Å². The summed E-state index contributed by atoms with van der Waals surface area (Å²) in [4.78, 5) is 44.4. The van der Waals surface area contributed by atoms with Gasteiger partial charge in [-0.25, -0.2) is 15.2 Å². The van der Waals surface area contributed by atoms with Crippen molar-refractivity contribution in [3.63, 3.8) is 0 Å². The van der Waals surface area contributed by atoms with Crippen LogP contribution in [0.2, 0.25) is 0 Å². The first-order valence-electron chi connectivity index (χ1n) is 10.3. The third kappa shape index (κ3) is 6.15. The summed E-state index contributed by atoms with van der Waals surface area (Å²) in [5.41, 5.74) is 4.19. The van der Waals surface area contributed by atoms with E-state index >= 15 is 0 Å². The lowest BCUT2D eigenvalue weighted by Crippen LogP contribution is -2.52. The van der Waals surface area contributed by atoms with Gasteiger partial charge in [0.1, 0.15) is 12.1 Å². The third-order valence-corrected chi connectivity index (χ3v) is 5.48. The van der Waals surface area contributed by atoms with Gasteiger partial charge in [-0.3, -0.25) is 14.4 Å². The molecule has 32 heavy (non-hydrogen) atoms. The van der Waals surface area contributed by atoms with Gasteiger partial charge in [0.25, 0.3) is 11.8 Å². The van der Waals surface area contributed by atoms with Crippen LogP contribution in [0.15, 0.2) is 59.1 Å². The van der Waals surface area contributed by atoms with E-state index in [0.717, 1.165) is 20.5 Å². The van der Waals surface area contributed by atoms with Crippen LogP contribution in [-0.4, -0.2) is 41.4 Å². The molecule has 2 N–H and O–H groups in total. The number of hydroxylamine groups is 1. The fourth-order valence-corrected chi connectivity index (χ4v) is 3.61. The van der Waals surface area contributed by atoms with Crippen LogP contribution in [0.1, 0.15) is 25.0 Å². The first kappa shape index (κ1) is 23.9. The summed E-state index contributed by atoms with van der Waals surface area (Å²) in [5, 5.41) is 2.61. The fourth-order valence-electron chi connectivity index (χ4n) is 3.34. The number of nitrogens with one attached hydrogen (secondary N) is 2. The van der Waals surface area contributed by atoms with E-state index in [1.54, 1.807) is 13.8 Å². The molecule has 2 aromatic carbocycles. The van der Waals surface area contributed by atoms with Crippen LogP contribution in [0.3, 0.4) is 0 Å². The van der Waals surface area contributed by atoms with E-state index in [4.69, 9.17) is 9.57 Å². The zero-order valence-corrected chi connectivity index (χ0v) is 19.5. The molecule has 0 saturated carbocycles. The lowest BCUT2D eigenvalue weighted by atomic mass is 10.0. The van der Waals surface area contributed by atoms with Gasteiger partial charge < -0.3 is 10.1 Å². The van der Waals surface area contributed by atoms with Crippen LogP contribution in [0.25, 0.3) is 0 Å². The topological polar surface area (TPSA) is 97.0 Å². The quantitative estimate of drug-likeness (QED) is 0.383. The monoisotopic (exact) mass is 503 g/mol. The van der Waals surface area contributed by atoms with Gasteiger partial charge in [-0.05, 0) is 29.2 Å². The van der Waals surface area contributed by atoms with Crippen LogP contribution in [0.4, 0.5) is 4.79 Å². The molecule has 1 heterocycles. The summed E-state index contributed by atoms with van der Waals surface area (Å²) >= 11 is 3.37. The molecule has 8 nitrogen and oxygen atoms in total. The average molecular weight is 504 g/mol. The number of halogens is 1. The Bertz CT molecular complexity index is 936. The van der Waals surface area contributed by atoms with Crippen LogP contribution in [0.5, 0.6) is 0 Å². The minimum absolute atomic E-state index is 0.00801. The van der Waals surface area contributed by atoms with Crippen molar-refractivity contribution in [3.05, 3.63) is 70.2 Å². The van der Waals surface area contributed by atoms with E-state index in [-0.39, 0.29) is 19.1 Å². The molecule has 1 aliphatic heterocycles. The van der Waals surface area contributed by atoms with Crippen LogP contribution in [-0.2, 0) is 32.4 Å². The number of carbonyl (C=O) groups excluding carboxylic acids is 3. The summed E-state index contributed by atoms with van der Waals surface area (Å²) in [6, 6.07) is 14.5. The predicted octanol–water partition coefficient (Wildman–Crippen LogP) is 3.16. The van der Waals surface area contributed by atoms with Crippen molar-refractivity contribution in [2.75, 3.05) is 6.61 Å². The van der Waals surface area contributed by atoms with Crippen molar-refractivity contribution in [1.29, 1.82) is 0 Å². The van der Waals surface area contributed by atoms with Gasteiger partial charge in [0, 0.05) is 4.47 Å². The maximum atomic E-state index is 12.9. The molecule has 0 spiro atoms. The van der Waals surface area contributed by atoms with Gasteiger partial charge in [-0.2, -0.15) is 0 Å². The number of rotatable bonds is 10. The summed E-state index contributed by atoms with van der Waals surface area (Å²) in [7, 11) is 0. The molecule has 4 amide bonds. The highest BCUT2D eigenvalue weighted by molar-refractivity contribution is 9.10.